The van der Waals surface area contributed by atoms with Crippen molar-refractivity contribution in [3.8, 4) is 17.4 Å². The van der Waals surface area contributed by atoms with Crippen LogP contribution in [0.15, 0.2) is 65.7 Å². The van der Waals surface area contributed by atoms with Gasteiger partial charge >= 0.3 is 0 Å². The summed E-state index contributed by atoms with van der Waals surface area (Å²) >= 11 is 0. The summed E-state index contributed by atoms with van der Waals surface area (Å²) in [6, 6.07) is 23.4. The zero-order chi connectivity index (χ0) is 29.8. The number of pyridine rings is 1. The van der Waals surface area contributed by atoms with Crippen LogP contribution >= 0.6 is 0 Å². The van der Waals surface area contributed by atoms with Crippen LogP contribution in [-0.2, 0) is 26.5 Å². The number of hydrogen-bond donors (Lipinski definition) is 1. The molecule has 2 heterocycles. The molecule has 0 bridgehead atoms. The van der Waals surface area contributed by atoms with Crippen molar-refractivity contribution in [2.45, 2.75) is 78.3 Å². The summed E-state index contributed by atoms with van der Waals surface area (Å²) in [6.45, 7) is 20.5. The summed E-state index contributed by atoms with van der Waals surface area (Å²) in [5.41, 5.74) is 5.08. The Bertz CT molecular complexity index is 1750. The molecule has 7 heteroatoms. The molecular formula is C36H37N4O2Pt-. The number of nitrogens with zero attached hydrogens (tertiary/aromatic N) is 4. The van der Waals surface area contributed by atoms with Crippen molar-refractivity contribution in [1.82, 2.24) is 4.98 Å². The number of ether oxygens (including phenoxy) is 1. The van der Waals surface area contributed by atoms with Gasteiger partial charge in [0.15, 0.2) is 5.69 Å². The van der Waals surface area contributed by atoms with Gasteiger partial charge in [0.25, 0.3) is 0 Å². The first-order valence-electron chi connectivity index (χ1n) is 14.6. The summed E-state index contributed by atoms with van der Waals surface area (Å²) in [5.74, 6) is 1.96. The van der Waals surface area contributed by atoms with Gasteiger partial charge in [-0.25, -0.2) is 9.83 Å². The number of phenolic OH excluding ortho intramolecular Hbond substituents is 1. The van der Waals surface area contributed by atoms with Gasteiger partial charge < -0.3 is 19.7 Å². The Morgan fingerprint density at radius 2 is 1.81 bits per heavy atom. The van der Waals surface area contributed by atoms with E-state index in [4.69, 9.17) is 16.3 Å². The Kier molecular flexibility index (Phi) is 8.18. The van der Waals surface area contributed by atoms with Crippen LogP contribution in [0, 0.1) is 25.0 Å². The number of fused-ring (bicyclic) bond motifs is 2. The smallest absolute Gasteiger partial charge is 0.217 e. The Morgan fingerprint density at radius 1 is 1.07 bits per heavy atom. The molecule has 43 heavy (non-hydrogen) atoms. The number of aromatic nitrogens is 1. The molecule has 4 aromatic rings. The molecule has 1 N–H and O–H groups in total. The molecule has 3 aromatic carbocycles. The predicted octanol–water partition coefficient (Wildman–Crippen LogP) is 8.90. The fraction of sp³-hybridized carbons (Fsp3) is 0.361. The van der Waals surface area contributed by atoms with E-state index < -0.39 is 0 Å². The minimum atomic E-state index is -0.0870. The molecule has 0 spiro atoms. The van der Waals surface area contributed by atoms with Crippen LogP contribution in [0.2, 0.25) is 0 Å². The van der Waals surface area contributed by atoms with Crippen molar-refractivity contribution >= 4 is 28.1 Å². The molecule has 1 fully saturated rings. The second-order valence-electron chi connectivity index (χ2n) is 13.3. The van der Waals surface area contributed by atoms with Crippen LogP contribution < -0.4 is 9.64 Å². The fourth-order valence-corrected chi connectivity index (χ4v) is 6.43. The number of phenols is 1. The van der Waals surface area contributed by atoms with Gasteiger partial charge in [-0.3, -0.25) is 0 Å². The van der Waals surface area contributed by atoms with Crippen molar-refractivity contribution in [1.29, 1.82) is 0 Å². The molecule has 1 aromatic heterocycles. The van der Waals surface area contributed by atoms with E-state index in [-0.39, 0.29) is 49.7 Å². The van der Waals surface area contributed by atoms with Crippen LogP contribution in [0.25, 0.3) is 15.7 Å². The molecule has 0 unspecified atom stereocenters. The van der Waals surface area contributed by atoms with Gasteiger partial charge in [0.1, 0.15) is 11.3 Å². The Hall–Kier alpha value is -3.68. The average molecular weight is 753 g/mol. The van der Waals surface area contributed by atoms with Crippen LogP contribution in [0.3, 0.4) is 0 Å². The molecule has 1 aliphatic heterocycles. The van der Waals surface area contributed by atoms with Crippen molar-refractivity contribution in [3.05, 3.63) is 94.8 Å². The number of hydrogen-bond acceptors (Lipinski definition) is 5. The number of benzene rings is 3. The normalized spacial score (nSPS) is 19.3. The summed E-state index contributed by atoms with van der Waals surface area (Å²) < 4.78 is 6.27. The van der Waals surface area contributed by atoms with Crippen molar-refractivity contribution in [3.63, 3.8) is 0 Å². The molecule has 6 rings (SSSR count). The third-order valence-electron chi connectivity index (χ3n) is 8.59. The van der Waals surface area contributed by atoms with Crippen LogP contribution in [0.4, 0.5) is 11.4 Å². The summed E-state index contributed by atoms with van der Waals surface area (Å²) in [7, 11) is 0. The quantitative estimate of drug-likeness (QED) is 0.212. The van der Waals surface area contributed by atoms with Gasteiger partial charge in [-0.2, -0.15) is 0 Å². The maximum Gasteiger partial charge on any atom is 0.217 e. The van der Waals surface area contributed by atoms with E-state index in [1.165, 1.54) is 0 Å². The fourth-order valence-electron chi connectivity index (χ4n) is 6.43. The Labute approximate surface area is 268 Å². The third kappa shape index (κ3) is 5.93. The monoisotopic (exact) mass is 752 g/mol. The number of amidine groups is 1. The molecule has 1 saturated carbocycles. The van der Waals surface area contributed by atoms with Gasteiger partial charge in [0.05, 0.1) is 24.5 Å². The molecule has 1 aliphatic carbocycles. The Morgan fingerprint density at radius 3 is 2.51 bits per heavy atom. The summed E-state index contributed by atoms with van der Waals surface area (Å²) in [4.78, 5) is 15.9. The first-order chi connectivity index (χ1) is 19.9. The Balaban J connectivity index is 0.00000368. The van der Waals surface area contributed by atoms with Crippen molar-refractivity contribution in [2.24, 2.45) is 10.4 Å². The van der Waals surface area contributed by atoms with Crippen LogP contribution in [0.5, 0.6) is 17.4 Å². The van der Waals surface area contributed by atoms with E-state index in [1.807, 2.05) is 49.4 Å². The maximum absolute atomic E-state index is 10.8. The first kappa shape index (κ1) is 30.8. The van der Waals surface area contributed by atoms with E-state index >= 15 is 0 Å². The zero-order valence-corrected chi connectivity index (χ0v) is 27.8. The molecular weight excluding hydrogens is 716 g/mol. The molecule has 0 amide bonds. The van der Waals surface area contributed by atoms with E-state index in [0.717, 1.165) is 52.9 Å². The van der Waals surface area contributed by atoms with Gasteiger partial charge in [-0.1, -0.05) is 72.2 Å². The average Bonchev–Trinajstić information content (AvgIpc) is 3.34. The number of aryl methyl sites for hydroxylation is 1. The number of rotatable bonds is 4. The topological polar surface area (TPSA) is 62.3 Å². The van der Waals surface area contributed by atoms with Gasteiger partial charge in [0, 0.05) is 44.0 Å². The molecule has 0 saturated heterocycles. The molecule has 0 radical (unpaired) electrons. The minimum Gasteiger partial charge on any atom is -0.506 e. The van der Waals surface area contributed by atoms with E-state index in [0.29, 0.717) is 22.8 Å². The predicted molar refractivity (Wildman–Crippen MR) is 169 cm³/mol. The standard InChI is InChI=1S/C36H37N4O2.Pt/c1-22-17-24(20-28(18-22)42-31-15-10-23-19-25(35(2,3)4)21-30(41)32(23)39-31)34-38-29-9-8-16-36(5,6)33(29)40(34)27-13-11-26(37-7)12-14-27;/h10-15,17-19,21,29,33,41H,8-9,16H2,1-6H3;/q-1;/t29-,33+;/m0./s1. The molecule has 224 valence electrons. The summed E-state index contributed by atoms with van der Waals surface area (Å²) in [5, 5.41) is 11.7. The SMILES string of the molecule is [C-]#[N+]c1ccc(N2C(c3[c-]c(Oc4ccc5cc(C(C)(C)C)cc(O)c5n4)cc(C)c3)=N[C@H]3CCCC(C)(C)[C@@H]32)cc1.[Pt]. The number of aromatic hydroxyl groups is 1. The van der Waals surface area contributed by atoms with Crippen LogP contribution in [0.1, 0.15) is 70.6 Å². The maximum atomic E-state index is 10.8. The van der Waals surface area contributed by atoms with Crippen molar-refractivity contribution < 1.29 is 30.9 Å². The largest absolute Gasteiger partial charge is 0.506 e. The van der Waals surface area contributed by atoms with E-state index in [2.05, 4.69) is 67.5 Å². The third-order valence-corrected chi connectivity index (χ3v) is 8.59. The number of aliphatic imine (C=N–C) groups is 1. The second kappa shape index (κ2) is 11.4. The molecule has 6 nitrogen and oxygen atoms in total. The van der Waals surface area contributed by atoms with Gasteiger partial charge in [-0.15, -0.1) is 17.2 Å². The summed E-state index contributed by atoms with van der Waals surface area (Å²) in [6.07, 6.45) is 3.33. The van der Waals surface area contributed by atoms with Crippen LogP contribution in [-0.4, -0.2) is 28.0 Å². The molecule has 2 aliphatic rings. The zero-order valence-electron chi connectivity index (χ0n) is 25.5. The van der Waals surface area contributed by atoms with E-state index in [1.54, 1.807) is 6.07 Å². The molecule has 2 atom stereocenters. The first-order valence-corrected chi connectivity index (χ1v) is 14.6. The van der Waals surface area contributed by atoms with Gasteiger partial charge in [-0.05, 0) is 59.6 Å². The second-order valence-corrected chi connectivity index (χ2v) is 13.3. The van der Waals surface area contributed by atoms with Gasteiger partial charge in [0.2, 0.25) is 5.88 Å². The van der Waals surface area contributed by atoms with E-state index in [9.17, 15) is 5.11 Å². The minimum absolute atomic E-state index is 0. The van der Waals surface area contributed by atoms with Crippen molar-refractivity contribution in [2.75, 3.05) is 4.90 Å². The number of anilines is 1.